The Morgan fingerprint density at radius 2 is 2.03 bits per heavy atom. The molecule has 1 N–H and O–H groups in total. The zero-order chi connectivity index (χ0) is 22.9. The van der Waals surface area contributed by atoms with Crippen LogP contribution in [0.25, 0.3) is 16.9 Å². The number of nitrogens with zero attached hydrogens (tertiary/aromatic N) is 8. The summed E-state index contributed by atoms with van der Waals surface area (Å²) < 4.78 is 5.13. The van der Waals surface area contributed by atoms with E-state index in [4.69, 9.17) is 11.6 Å². The summed E-state index contributed by atoms with van der Waals surface area (Å²) in [6.45, 7) is 5.21. The normalized spacial score (nSPS) is 11.2. The second kappa shape index (κ2) is 8.47. The zero-order valence-corrected chi connectivity index (χ0v) is 18.7. The molecule has 0 fully saturated rings. The molecule has 0 saturated carbocycles. The van der Waals surface area contributed by atoms with Crippen LogP contribution in [0.2, 0.25) is 5.02 Å². The molecule has 0 aliphatic carbocycles. The summed E-state index contributed by atoms with van der Waals surface area (Å²) in [5.41, 5.74) is 4.35. The number of hydrogen-bond acceptors (Lipinski definition) is 6. The maximum absolute atomic E-state index is 12.9. The third-order valence-electron chi connectivity index (χ3n) is 5.19. The third-order valence-corrected chi connectivity index (χ3v) is 5.42. The predicted octanol–water partition coefficient (Wildman–Crippen LogP) is 3.47. The van der Waals surface area contributed by atoms with Gasteiger partial charge in [0.2, 0.25) is 5.95 Å². The lowest BCUT2D eigenvalue weighted by Gasteiger charge is -2.04. The fourth-order valence-corrected chi connectivity index (χ4v) is 3.82. The van der Waals surface area contributed by atoms with Crippen molar-refractivity contribution < 1.29 is 4.79 Å². The Balaban J connectivity index is 1.38. The molecule has 0 aliphatic rings. The van der Waals surface area contributed by atoms with Crippen LogP contribution in [0.1, 0.15) is 28.5 Å². The van der Waals surface area contributed by atoms with Gasteiger partial charge in [-0.2, -0.15) is 10.2 Å². The van der Waals surface area contributed by atoms with Crippen LogP contribution in [0.3, 0.4) is 0 Å². The molecule has 0 saturated heterocycles. The van der Waals surface area contributed by atoms with E-state index in [0.717, 1.165) is 29.1 Å². The number of hydrogen-bond donors (Lipinski definition) is 1. The average molecular weight is 462 g/mol. The first-order valence-corrected chi connectivity index (χ1v) is 10.7. The molecule has 5 rings (SSSR count). The van der Waals surface area contributed by atoms with Gasteiger partial charge in [0.05, 0.1) is 24.1 Å². The first-order chi connectivity index (χ1) is 16.0. The largest absolute Gasteiger partial charge is 0.289 e. The number of carbonyl (C=O) groups is 1. The van der Waals surface area contributed by atoms with Crippen LogP contribution in [-0.4, -0.2) is 45.1 Å². The molecule has 1 amide bonds. The van der Waals surface area contributed by atoms with Crippen LogP contribution in [-0.2, 0) is 13.1 Å². The SMILES string of the molecule is CCn1cc(-c2ccnc3c(C(=O)Nc4ncn(Cc5cccc(Cl)c5)n4)cnn23)c(C)n1. The number of benzene rings is 1. The second-order valence-electron chi connectivity index (χ2n) is 7.46. The second-order valence-corrected chi connectivity index (χ2v) is 7.89. The molecule has 0 aliphatic heterocycles. The van der Waals surface area contributed by atoms with Crippen LogP contribution in [0.15, 0.2) is 55.2 Å². The molecule has 33 heavy (non-hydrogen) atoms. The minimum Gasteiger partial charge on any atom is -0.289 e. The van der Waals surface area contributed by atoms with Gasteiger partial charge in [-0.15, -0.1) is 5.10 Å². The standard InChI is InChI=1S/C22H20ClN9O/c1-3-30-12-18(14(2)28-30)19-7-8-24-20-17(10-26-32(19)20)21(33)27-22-25-13-31(29-22)11-15-5-4-6-16(23)9-15/h4-10,12-13H,3,11H2,1-2H3,(H,27,29,33). The highest BCUT2D eigenvalue weighted by Crippen LogP contribution is 2.24. The van der Waals surface area contributed by atoms with Crippen molar-refractivity contribution in [2.45, 2.75) is 26.9 Å². The minimum atomic E-state index is -0.392. The zero-order valence-electron chi connectivity index (χ0n) is 18.0. The minimum absolute atomic E-state index is 0.192. The Hall–Kier alpha value is -4.05. The molecular weight excluding hydrogens is 442 g/mol. The van der Waals surface area contributed by atoms with Gasteiger partial charge in [0.15, 0.2) is 5.65 Å². The molecule has 10 nitrogen and oxygen atoms in total. The Labute approximate surface area is 193 Å². The molecule has 1 aromatic carbocycles. The number of aromatic nitrogens is 8. The lowest BCUT2D eigenvalue weighted by molar-refractivity contribution is 0.102. The van der Waals surface area contributed by atoms with Crippen molar-refractivity contribution in [1.82, 2.24) is 39.1 Å². The summed E-state index contributed by atoms with van der Waals surface area (Å²) in [7, 11) is 0. The van der Waals surface area contributed by atoms with Crippen molar-refractivity contribution in [3.63, 3.8) is 0 Å². The molecule has 4 aromatic heterocycles. The summed E-state index contributed by atoms with van der Waals surface area (Å²) in [4.78, 5) is 21.5. The lowest BCUT2D eigenvalue weighted by atomic mass is 10.2. The Morgan fingerprint density at radius 1 is 1.15 bits per heavy atom. The molecular formula is C22H20ClN9O. The first kappa shape index (κ1) is 20.8. The average Bonchev–Trinajstić information content (AvgIpc) is 3.52. The van der Waals surface area contributed by atoms with Crippen molar-refractivity contribution in [1.29, 1.82) is 0 Å². The van der Waals surface area contributed by atoms with Crippen LogP contribution < -0.4 is 5.32 Å². The number of nitrogens with one attached hydrogen (secondary N) is 1. The van der Waals surface area contributed by atoms with Crippen molar-refractivity contribution in [2.75, 3.05) is 5.32 Å². The Bertz CT molecular complexity index is 1470. The molecule has 4 heterocycles. The van der Waals surface area contributed by atoms with E-state index in [1.807, 2.05) is 55.1 Å². The smallest absolute Gasteiger partial charge is 0.263 e. The third kappa shape index (κ3) is 4.08. The van der Waals surface area contributed by atoms with E-state index in [1.54, 1.807) is 21.7 Å². The molecule has 166 valence electrons. The maximum Gasteiger partial charge on any atom is 0.263 e. The molecule has 0 radical (unpaired) electrons. The summed E-state index contributed by atoms with van der Waals surface area (Å²) >= 11 is 6.04. The van der Waals surface area contributed by atoms with Gasteiger partial charge in [-0.25, -0.2) is 19.2 Å². The molecule has 5 aromatic rings. The van der Waals surface area contributed by atoms with Crippen molar-refractivity contribution in [3.8, 4) is 11.3 Å². The quantitative estimate of drug-likeness (QED) is 0.415. The lowest BCUT2D eigenvalue weighted by Crippen LogP contribution is -2.14. The van der Waals surface area contributed by atoms with Crippen molar-refractivity contribution >= 4 is 29.1 Å². The summed E-state index contributed by atoms with van der Waals surface area (Å²) in [6.07, 6.45) is 6.66. The molecule has 0 unspecified atom stereocenters. The molecule has 11 heteroatoms. The van der Waals surface area contributed by atoms with Crippen LogP contribution >= 0.6 is 11.6 Å². The topological polar surface area (TPSA) is 108 Å². The van der Waals surface area contributed by atoms with Gasteiger partial charge in [-0.3, -0.25) is 14.8 Å². The van der Waals surface area contributed by atoms with Gasteiger partial charge >= 0.3 is 0 Å². The highest BCUT2D eigenvalue weighted by atomic mass is 35.5. The molecule has 0 bridgehead atoms. The number of amides is 1. The van der Waals surface area contributed by atoms with Crippen molar-refractivity contribution in [2.24, 2.45) is 0 Å². The fraction of sp³-hybridized carbons (Fsp3) is 0.182. The van der Waals surface area contributed by atoms with E-state index in [0.29, 0.717) is 22.8 Å². The highest BCUT2D eigenvalue weighted by Gasteiger charge is 2.19. The van der Waals surface area contributed by atoms with E-state index in [9.17, 15) is 4.79 Å². The number of anilines is 1. The van der Waals surface area contributed by atoms with Crippen LogP contribution in [0.4, 0.5) is 5.95 Å². The number of aryl methyl sites for hydroxylation is 2. The summed E-state index contributed by atoms with van der Waals surface area (Å²) in [5.74, 6) is -0.200. The Morgan fingerprint density at radius 3 is 2.82 bits per heavy atom. The van der Waals surface area contributed by atoms with E-state index in [-0.39, 0.29) is 5.95 Å². The highest BCUT2D eigenvalue weighted by molar-refractivity contribution is 6.30. The molecule has 0 spiro atoms. The predicted molar refractivity (Wildman–Crippen MR) is 123 cm³/mol. The number of carbonyl (C=O) groups excluding carboxylic acids is 1. The van der Waals surface area contributed by atoms with Crippen LogP contribution in [0.5, 0.6) is 0 Å². The molecule has 0 atom stereocenters. The monoisotopic (exact) mass is 461 g/mol. The number of halogens is 1. The van der Waals surface area contributed by atoms with Gasteiger partial charge in [0.1, 0.15) is 11.9 Å². The van der Waals surface area contributed by atoms with Gasteiger partial charge in [0.25, 0.3) is 5.91 Å². The van der Waals surface area contributed by atoms with E-state index in [2.05, 4.69) is 30.6 Å². The van der Waals surface area contributed by atoms with Gasteiger partial charge in [-0.1, -0.05) is 23.7 Å². The first-order valence-electron chi connectivity index (χ1n) is 10.3. The van der Waals surface area contributed by atoms with Gasteiger partial charge in [0, 0.05) is 29.5 Å². The van der Waals surface area contributed by atoms with Gasteiger partial charge in [-0.05, 0) is 37.6 Å². The van der Waals surface area contributed by atoms with Gasteiger partial charge < -0.3 is 0 Å². The van der Waals surface area contributed by atoms with Crippen molar-refractivity contribution in [3.05, 3.63) is 77.1 Å². The maximum atomic E-state index is 12.9. The Kier molecular flexibility index (Phi) is 5.35. The summed E-state index contributed by atoms with van der Waals surface area (Å²) in [5, 5.41) is 16.6. The number of rotatable bonds is 6. The van der Waals surface area contributed by atoms with E-state index < -0.39 is 5.91 Å². The van der Waals surface area contributed by atoms with E-state index >= 15 is 0 Å². The summed E-state index contributed by atoms with van der Waals surface area (Å²) in [6, 6.07) is 9.34. The van der Waals surface area contributed by atoms with E-state index in [1.165, 1.54) is 6.20 Å². The number of fused-ring (bicyclic) bond motifs is 1. The van der Waals surface area contributed by atoms with Crippen LogP contribution in [0, 0.1) is 6.92 Å². The fourth-order valence-electron chi connectivity index (χ4n) is 3.61.